The van der Waals surface area contributed by atoms with E-state index in [0.29, 0.717) is 0 Å². The molecule has 128 valence electrons. The van der Waals surface area contributed by atoms with Gasteiger partial charge in [0.05, 0.1) is 6.10 Å². The molecule has 0 aliphatic rings. The lowest BCUT2D eigenvalue weighted by atomic mass is 10.0. The van der Waals surface area contributed by atoms with Crippen molar-refractivity contribution in [1.29, 1.82) is 0 Å². The first-order valence-corrected chi connectivity index (χ1v) is 8.73. The standard InChI is InChI=1S/C23H25NO/c1-18(23(25)22-11-7-4-8-12-22)24(2)17-19-13-15-21(16-14-19)20-9-5-3-6-10-20/h3-16,18,23,25H,17H2,1-2H3/t18-,23-/m0/s1. The zero-order valence-corrected chi connectivity index (χ0v) is 14.8. The molecule has 0 saturated carbocycles. The van der Waals surface area contributed by atoms with Crippen molar-refractivity contribution in [3.63, 3.8) is 0 Å². The van der Waals surface area contributed by atoms with Crippen LogP contribution in [0.4, 0.5) is 0 Å². The molecule has 2 nitrogen and oxygen atoms in total. The Morgan fingerprint density at radius 2 is 1.28 bits per heavy atom. The molecule has 0 aromatic heterocycles. The highest BCUT2D eigenvalue weighted by molar-refractivity contribution is 5.63. The van der Waals surface area contributed by atoms with E-state index in [-0.39, 0.29) is 6.04 Å². The lowest BCUT2D eigenvalue weighted by Crippen LogP contribution is -2.33. The highest BCUT2D eigenvalue weighted by Gasteiger charge is 2.20. The smallest absolute Gasteiger partial charge is 0.0942 e. The first kappa shape index (κ1) is 17.4. The Balaban J connectivity index is 1.65. The molecule has 0 aliphatic carbocycles. The topological polar surface area (TPSA) is 23.5 Å². The van der Waals surface area contributed by atoms with Crippen molar-refractivity contribution in [2.75, 3.05) is 7.05 Å². The van der Waals surface area contributed by atoms with Crippen LogP contribution in [0.1, 0.15) is 24.2 Å². The SMILES string of the molecule is C[C@@H]([C@H](O)c1ccccc1)N(C)Cc1ccc(-c2ccccc2)cc1. The van der Waals surface area contributed by atoms with Gasteiger partial charge in [-0.2, -0.15) is 0 Å². The molecule has 0 unspecified atom stereocenters. The Labute approximate surface area is 150 Å². The van der Waals surface area contributed by atoms with E-state index in [1.807, 2.05) is 36.4 Å². The van der Waals surface area contributed by atoms with E-state index in [9.17, 15) is 5.11 Å². The maximum atomic E-state index is 10.6. The van der Waals surface area contributed by atoms with E-state index in [1.54, 1.807) is 0 Å². The van der Waals surface area contributed by atoms with Gasteiger partial charge in [0.15, 0.2) is 0 Å². The zero-order valence-electron chi connectivity index (χ0n) is 14.8. The fraction of sp³-hybridized carbons (Fsp3) is 0.217. The van der Waals surface area contributed by atoms with E-state index in [1.165, 1.54) is 16.7 Å². The maximum Gasteiger partial charge on any atom is 0.0942 e. The van der Waals surface area contributed by atoms with E-state index in [0.717, 1.165) is 12.1 Å². The lowest BCUT2D eigenvalue weighted by molar-refractivity contribution is 0.0688. The molecule has 1 N–H and O–H groups in total. The zero-order chi connectivity index (χ0) is 17.6. The predicted octanol–water partition coefficient (Wildman–Crippen LogP) is 4.91. The molecule has 0 radical (unpaired) electrons. The minimum atomic E-state index is -0.491. The third-order valence-corrected chi connectivity index (χ3v) is 4.79. The molecule has 0 bridgehead atoms. The molecule has 0 saturated heterocycles. The van der Waals surface area contributed by atoms with Crippen molar-refractivity contribution in [3.05, 3.63) is 96.1 Å². The predicted molar refractivity (Wildman–Crippen MR) is 104 cm³/mol. The minimum absolute atomic E-state index is 0.0381. The summed E-state index contributed by atoms with van der Waals surface area (Å²) in [7, 11) is 2.06. The van der Waals surface area contributed by atoms with Gasteiger partial charge in [-0.15, -0.1) is 0 Å². The monoisotopic (exact) mass is 331 g/mol. The van der Waals surface area contributed by atoms with Gasteiger partial charge in [0, 0.05) is 12.6 Å². The molecule has 3 aromatic carbocycles. The van der Waals surface area contributed by atoms with Gasteiger partial charge in [-0.3, -0.25) is 4.90 Å². The lowest BCUT2D eigenvalue weighted by Gasteiger charge is -2.29. The van der Waals surface area contributed by atoms with Crippen molar-refractivity contribution in [2.24, 2.45) is 0 Å². The van der Waals surface area contributed by atoms with E-state index < -0.39 is 6.10 Å². The third-order valence-electron chi connectivity index (χ3n) is 4.79. The molecule has 0 fully saturated rings. The Morgan fingerprint density at radius 1 is 0.760 bits per heavy atom. The summed E-state index contributed by atoms with van der Waals surface area (Å²) < 4.78 is 0. The van der Waals surface area contributed by atoms with Crippen LogP contribution < -0.4 is 0 Å². The molecule has 0 amide bonds. The molecule has 0 aliphatic heterocycles. The van der Waals surface area contributed by atoms with E-state index >= 15 is 0 Å². The van der Waals surface area contributed by atoms with Crippen LogP contribution in [-0.2, 0) is 6.54 Å². The summed E-state index contributed by atoms with van der Waals surface area (Å²) in [6.07, 6.45) is -0.491. The molecular weight excluding hydrogens is 306 g/mol. The Kier molecular flexibility index (Phi) is 5.64. The number of hydrogen-bond donors (Lipinski definition) is 1. The van der Waals surface area contributed by atoms with Crippen molar-refractivity contribution in [2.45, 2.75) is 25.6 Å². The second-order valence-corrected chi connectivity index (χ2v) is 6.57. The Hall–Kier alpha value is -2.42. The highest BCUT2D eigenvalue weighted by Crippen LogP contribution is 2.23. The van der Waals surface area contributed by atoms with Gasteiger partial charge < -0.3 is 5.11 Å². The van der Waals surface area contributed by atoms with Crippen LogP contribution in [0.15, 0.2) is 84.9 Å². The van der Waals surface area contributed by atoms with Crippen molar-refractivity contribution < 1.29 is 5.11 Å². The summed E-state index contributed by atoms with van der Waals surface area (Å²) in [6, 6.07) is 29.0. The molecule has 0 spiro atoms. The second-order valence-electron chi connectivity index (χ2n) is 6.57. The van der Waals surface area contributed by atoms with Gasteiger partial charge in [0.25, 0.3) is 0 Å². The number of nitrogens with zero attached hydrogens (tertiary/aromatic N) is 1. The molecule has 25 heavy (non-hydrogen) atoms. The van der Waals surface area contributed by atoms with Gasteiger partial charge >= 0.3 is 0 Å². The molecule has 2 heteroatoms. The Morgan fingerprint density at radius 3 is 1.88 bits per heavy atom. The quantitative estimate of drug-likeness (QED) is 0.694. The number of benzene rings is 3. The number of rotatable bonds is 6. The largest absolute Gasteiger partial charge is 0.387 e. The van der Waals surface area contributed by atoms with Crippen LogP contribution >= 0.6 is 0 Å². The summed E-state index contributed by atoms with van der Waals surface area (Å²) in [5, 5.41) is 10.6. The van der Waals surface area contributed by atoms with Crippen molar-refractivity contribution in [3.8, 4) is 11.1 Å². The first-order valence-electron chi connectivity index (χ1n) is 8.73. The van der Waals surface area contributed by atoms with Gasteiger partial charge in [-0.1, -0.05) is 84.9 Å². The summed E-state index contributed by atoms with van der Waals surface area (Å²) in [5.74, 6) is 0. The molecular formula is C23H25NO. The van der Waals surface area contributed by atoms with Crippen LogP contribution in [0.5, 0.6) is 0 Å². The van der Waals surface area contributed by atoms with Crippen LogP contribution in [-0.4, -0.2) is 23.1 Å². The van der Waals surface area contributed by atoms with Gasteiger partial charge in [-0.05, 0) is 36.2 Å². The van der Waals surface area contributed by atoms with Crippen LogP contribution in [0.2, 0.25) is 0 Å². The molecule has 2 atom stereocenters. The molecule has 0 heterocycles. The fourth-order valence-corrected chi connectivity index (χ4v) is 3.03. The normalized spacial score (nSPS) is 13.6. The van der Waals surface area contributed by atoms with Crippen LogP contribution in [0.3, 0.4) is 0 Å². The first-order chi connectivity index (χ1) is 12.1. The number of aliphatic hydroxyl groups excluding tert-OH is 1. The fourth-order valence-electron chi connectivity index (χ4n) is 3.03. The molecule has 3 aromatic rings. The number of aliphatic hydroxyl groups is 1. The summed E-state index contributed by atoms with van der Waals surface area (Å²) in [4.78, 5) is 2.19. The van der Waals surface area contributed by atoms with Gasteiger partial charge in [0.1, 0.15) is 0 Å². The number of likely N-dealkylation sites (N-methyl/N-ethyl adjacent to an activating group) is 1. The van der Waals surface area contributed by atoms with Crippen molar-refractivity contribution >= 4 is 0 Å². The van der Waals surface area contributed by atoms with Gasteiger partial charge in [-0.25, -0.2) is 0 Å². The highest BCUT2D eigenvalue weighted by atomic mass is 16.3. The van der Waals surface area contributed by atoms with Gasteiger partial charge in [0.2, 0.25) is 0 Å². The number of hydrogen-bond acceptors (Lipinski definition) is 2. The third kappa shape index (κ3) is 4.36. The Bertz CT molecular complexity index is 768. The average Bonchev–Trinajstić information content (AvgIpc) is 2.68. The summed E-state index contributed by atoms with van der Waals surface area (Å²) in [5.41, 5.74) is 4.66. The molecule has 3 rings (SSSR count). The van der Waals surface area contributed by atoms with E-state index in [4.69, 9.17) is 0 Å². The van der Waals surface area contributed by atoms with Crippen LogP contribution in [0.25, 0.3) is 11.1 Å². The van der Waals surface area contributed by atoms with E-state index in [2.05, 4.69) is 67.4 Å². The van der Waals surface area contributed by atoms with Crippen LogP contribution in [0, 0.1) is 0 Å². The summed E-state index contributed by atoms with van der Waals surface area (Å²) >= 11 is 0. The summed E-state index contributed by atoms with van der Waals surface area (Å²) in [6.45, 7) is 2.87. The van der Waals surface area contributed by atoms with Crippen molar-refractivity contribution in [1.82, 2.24) is 4.90 Å². The maximum absolute atomic E-state index is 10.6. The second kappa shape index (κ2) is 8.11. The minimum Gasteiger partial charge on any atom is -0.387 e. The average molecular weight is 331 g/mol.